The van der Waals surface area contributed by atoms with E-state index < -0.39 is 0 Å². The van der Waals surface area contributed by atoms with E-state index >= 15 is 0 Å². The van der Waals surface area contributed by atoms with Gasteiger partial charge < -0.3 is 14.2 Å². The van der Waals surface area contributed by atoms with Crippen LogP contribution >= 0.6 is 15.9 Å². The molecule has 0 bridgehead atoms. The lowest BCUT2D eigenvalue weighted by atomic mass is 10.3. The van der Waals surface area contributed by atoms with E-state index in [1.54, 1.807) is 7.11 Å². The fourth-order valence-corrected chi connectivity index (χ4v) is 1.92. The van der Waals surface area contributed by atoms with Gasteiger partial charge in [0.1, 0.15) is 17.6 Å². The van der Waals surface area contributed by atoms with Gasteiger partial charge in [-0.1, -0.05) is 0 Å². The van der Waals surface area contributed by atoms with Gasteiger partial charge in [-0.05, 0) is 28.1 Å². The fourth-order valence-electron chi connectivity index (χ4n) is 1.51. The van der Waals surface area contributed by atoms with Crippen molar-refractivity contribution in [3.63, 3.8) is 0 Å². The number of benzene rings is 1. The predicted octanol–water partition coefficient (Wildman–Crippen LogP) is 2.63. The Morgan fingerprint density at radius 1 is 1.47 bits per heavy atom. The Balaban J connectivity index is 2.07. The van der Waals surface area contributed by atoms with E-state index in [1.807, 2.05) is 18.2 Å². The minimum absolute atomic E-state index is 0.177. The van der Waals surface area contributed by atoms with Gasteiger partial charge in [-0.3, -0.25) is 0 Å². The SMILES string of the molecule is COc1cc(OC2CCOC2)ccc1Br. The minimum atomic E-state index is 0.177. The predicted molar refractivity (Wildman–Crippen MR) is 60.5 cm³/mol. The summed E-state index contributed by atoms with van der Waals surface area (Å²) in [5, 5.41) is 0. The lowest BCUT2D eigenvalue weighted by Gasteiger charge is -2.13. The maximum atomic E-state index is 5.75. The van der Waals surface area contributed by atoms with Crippen molar-refractivity contribution in [3.8, 4) is 11.5 Å². The standard InChI is InChI=1S/C11H13BrO3/c1-13-11-6-8(2-3-10(11)12)15-9-4-5-14-7-9/h2-3,6,9H,4-5,7H2,1H3. The van der Waals surface area contributed by atoms with Crippen LogP contribution in [0.25, 0.3) is 0 Å². The summed E-state index contributed by atoms with van der Waals surface area (Å²) in [5.74, 6) is 1.61. The largest absolute Gasteiger partial charge is 0.495 e. The molecule has 1 aromatic rings. The van der Waals surface area contributed by atoms with Gasteiger partial charge in [0.2, 0.25) is 0 Å². The Kier molecular flexibility index (Phi) is 3.49. The fraction of sp³-hybridized carbons (Fsp3) is 0.455. The summed E-state index contributed by atoms with van der Waals surface area (Å²) in [4.78, 5) is 0. The second kappa shape index (κ2) is 4.86. The molecule has 2 rings (SSSR count). The Labute approximate surface area is 97.5 Å². The first-order valence-corrected chi connectivity index (χ1v) is 5.67. The molecule has 0 aliphatic carbocycles. The first-order chi connectivity index (χ1) is 7.29. The molecular formula is C11H13BrO3. The maximum Gasteiger partial charge on any atom is 0.136 e. The van der Waals surface area contributed by atoms with Crippen molar-refractivity contribution in [1.29, 1.82) is 0 Å². The van der Waals surface area contributed by atoms with Crippen molar-refractivity contribution >= 4 is 15.9 Å². The highest BCUT2D eigenvalue weighted by Gasteiger charge is 2.17. The van der Waals surface area contributed by atoms with Crippen molar-refractivity contribution in [3.05, 3.63) is 22.7 Å². The molecular weight excluding hydrogens is 260 g/mol. The van der Waals surface area contributed by atoms with Crippen LogP contribution in [0.1, 0.15) is 6.42 Å². The smallest absolute Gasteiger partial charge is 0.136 e. The maximum absolute atomic E-state index is 5.75. The average molecular weight is 273 g/mol. The molecule has 0 aromatic heterocycles. The molecule has 1 unspecified atom stereocenters. The number of hydrogen-bond acceptors (Lipinski definition) is 3. The van der Waals surface area contributed by atoms with Crippen LogP contribution in [-0.4, -0.2) is 26.4 Å². The third-order valence-corrected chi connectivity index (χ3v) is 2.97. The van der Waals surface area contributed by atoms with Gasteiger partial charge in [0.25, 0.3) is 0 Å². The molecule has 0 amide bonds. The summed E-state index contributed by atoms with van der Waals surface area (Å²) in [6.45, 7) is 1.47. The second-order valence-corrected chi connectivity index (χ2v) is 4.25. The molecule has 0 N–H and O–H groups in total. The number of halogens is 1. The normalized spacial score (nSPS) is 20.3. The molecule has 1 aliphatic rings. The van der Waals surface area contributed by atoms with Crippen LogP contribution in [0.15, 0.2) is 22.7 Å². The van der Waals surface area contributed by atoms with Gasteiger partial charge in [0.15, 0.2) is 0 Å². The summed E-state index contributed by atoms with van der Waals surface area (Å²) < 4.78 is 17.1. The van der Waals surface area contributed by atoms with E-state index in [1.165, 1.54) is 0 Å². The third kappa shape index (κ3) is 2.63. The van der Waals surface area contributed by atoms with E-state index in [2.05, 4.69) is 15.9 Å². The number of ether oxygens (including phenoxy) is 3. The van der Waals surface area contributed by atoms with Crippen molar-refractivity contribution < 1.29 is 14.2 Å². The van der Waals surface area contributed by atoms with E-state index in [4.69, 9.17) is 14.2 Å². The number of hydrogen-bond donors (Lipinski definition) is 0. The Hall–Kier alpha value is -0.740. The van der Waals surface area contributed by atoms with Crippen LogP contribution in [0.5, 0.6) is 11.5 Å². The van der Waals surface area contributed by atoms with Gasteiger partial charge in [-0.15, -0.1) is 0 Å². The molecule has 15 heavy (non-hydrogen) atoms. The van der Waals surface area contributed by atoms with Crippen molar-refractivity contribution in [2.24, 2.45) is 0 Å². The van der Waals surface area contributed by atoms with Crippen molar-refractivity contribution in [2.45, 2.75) is 12.5 Å². The molecule has 1 saturated heterocycles. The minimum Gasteiger partial charge on any atom is -0.495 e. The van der Waals surface area contributed by atoms with Crippen LogP contribution in [0.2, 0.25) is 0 Å². The van der Waals surface area contributed by atoms with Crippen LogP contribution in [-0.2, 0) is 4.74 Å². The first-order valence-electron chi connectivity index (χ1n) is 4.87. The summed E-state index contributed by atoms with van der Waals surface area (Å²) in [7, 11) is 1.64. The molecule has 1 aromatic carbocycles. The van der Waals surface area contributed by atoms with Crippen LogP contribution in [0.4, 0.5) is 0 Å². The zero-order valence-corrected chi connectivity index (χ0v) is 10.1. The molecule has 3 nitrogen and oxygen atoms in total. The molecule has 1 aliphatic heterocycles. The van der Waals surface area contributed by atoms with Gasteiger partial charge >= 0.3 is 0 Å². The topological polar surface area (TPSA) is 27.7 Å². The Morgan fingerprint density at radius 3 is 3.00 bits per heavy atom. The van der Waals surface area contributed by atoms with E-state index in [-0.39, 0.29) is 6.10 Å². The lowest BCUT2D eigenvalue weighted by molar-refractivity contribution is 0.141. The summed E-state index contributed by atoms with van der Waals surface area (Å²) in [6.07, 6.45) is 1.13. The van der Waals surface area contributed by atoms with Gasteiger partial charge in [0, 0.05) is 12.5 Å². The molecule has 4 heteroatoms. The van der Waals surface area contributed by atoms with Crippen molar-refractivity contribution in [2.75, 3.05) is 20.3 Å². The summed E-state index contributed by atoms with van der Waals surface area (Å²) >= 11 is 3.40. The van der Waals surface area contributed by atoms with E-state index in [0.717, 1.165) is 29.0 Å². The second-order valence-electron chi connectivity index (χ2n) is 3.40. The number of methoxy groups -OCH3 is 1. The van der Waals surface area contributed by atoms with E-state index in [9.17, 15) is 0 Å². The third-order valence-electron chi connectivity index (χ3n) is 2.31. The molecule has 82 valence electrons. The highest BCUT2D eigenvalue weighted by atomic mass is 79.9. The molecule has 1 atom stereocenters. The van der Waals surface area contributed by atoms with Crippen LogP contribution in [0.3, 0.4) is 0 Å². The highest BCUT2D eigenvalue weighted by Crippen LogP contribution is 2.30. The van der Waals surface area contributed by atoms with Gasteiger partial charge in [-0.2, -0.15) is 0 Å². The molecule has 1 heterocycles. The molecule has 1 fully saturated rings. The van der Waals surface area contributed by atoms with Gasteiger partial charge in [-0.25, -0.2) is 0 Å². The molecule has 0 spiro atoms. The quantitative estimate of drug-likeness (QED) is 0.847. The summed E-state index contributed by atoms with van der Waals surface area (Å²) in [5.41, 5.74) is 0. The van der Waals surface area contributed by atoms with Crippen LogP contribution < -0.4 is 9.47 Å². The number of rotatable bonds is 3. The first kappa shape index (κ1) is 10.8. The Bertz CT molecular complexity index is 335. The summed E-state index contributed by atoms with van der Waals surface area (Å²) in [6, 6.07) is 5.72. The zero-order chi connectivity index (χ0) is 10.7. The molecule has 0 saturated carbocycles. The average Bonchev–Trinajstić information content (AvgIpc) is 2.73. The zero-order valence-electron chi connectivity index (χ0n) is 8.53. The Morgan fingerprint density at radius 2 is 2.33 bits per heavy atom. The monoisotopic (exact) mass is 272 g/mol. The van der Waals surface area contributed by atoms with Crippen LogP contribution in [0, 0.1) is 0 Å². The highest BCUT2D eigenvalue weighted by molar-refractivity contribution is 9.10. The lowest BCUT2D eigenvalue weighted by Crippen LogP contribution is -2.15. The molecule has 0 radical (unpaired) electrons. The van der Waals surface area contributed by atoms with Crippen molar-refractivity contribution in [1.82, 2.24) is 0 Å². The van der Waals surface area contributed by atoms with E-state index in [0.29, 0.717) is 6.61 Å². The van der Waals surface area contributed by atoms with Gasteiger partial charge in [0.05, 0.1) is 24.8 Å².